The number of carbonyl (C=O) groups excluding carboxylic acids is 2. The van der Waals surface area contributed by atoms with Crippen molar-refractivity contribution in [3.63, 3.8) is 0 Å². The molecule has 5 aliphatic rings. The van der Waals surface area contributed by atoms with Crippen LogP contribution in [-0.4, -0.2) is 69.6 Å². The van der Waals surface area contributed by atoms with Gasteiger partial charge in [0.05, 0.1) is 12.0 Å². The summed E-state index contributed by atoms with van der Waals surface area (Å²) < 4.78 is 6.00. The molecule has 35 heavy (non-hydrogen) atoms. The van der Waals surface area contributed by atoms with Crippen LogP contribution in [0.4, 0.5) is 4.79 Å². The molecule has 0 aromatic heterocycles. The zero-order valence-electron chi connectivity index (χ0n) is 21.9. The van der Waals surface area contributed by atoms with Gasteiger partial charge >= 0.3 is 6.09 Å². The van der Waals surface area contributed by atoms with Crippen LogP contribution in [0.5, 0.6) is 0 Å². The molecule has 8 atom stereocenters. The lowest BCUT2D eigenvalue weighted by atomic mass is 9.59. The lowest BCUT2D eigenvalue weighted by Crippen LogP contribution is -2.66. The second kappa shape index (κ2) is 7.65. The maximum absolute atomic E-state index is 14.4. The van der Waals surface area contributed by atoms with Crippen LogP contribution in [0.2, 0.25) is 0 Å². The first-order chi connectivity index (χ1) is 16.2. The molecule has 7 heteroatoms. The summed E-state index contributed by atoms with van der Waals surface area (Å²) in [5, 5.41) is 34.3. The van der Waals surface area contributed by atoms with Crippen molar-refractivity contribution in [3.05, 3.63) is 23.3 Å². The fourth-order valence-corrected chi connectivity index (χ4v) is 8.35. The summed E-state index contributed by atoms with van der Waals surface area (Å²) >= 11 is 0. The summed E-state index contributed by atoms with van der Waals surface area (Å²) in [4.78, 5) is 29.4. The lowest BCUT2D eigenvalue weighted by Gasteiger charge is -2.49. The van der Waals surface area contributed by atoms with Crippen molar-refractivity contribution in [1.82, 2.24) is 4.90 Å². The maximum Gasteiger partial charge on any atom is 0.410 e. The summed E-state index contributed by atoms with van der Waals surface area (Å²) in [5.74, 6) is -0.503. The molecule has 1 spiro atoms. The van der Waals surface area contributed by atoms with Gasteiger partial charge in [0, 0.05) is 19.0 Å². The van der Waals surface area contributed by atoms with Crippen LogP contribution in [0.15, 0.2) is 23.3 Å². The predicted molar refractivity (Wildman–Crippen MR) is 130 cm³/mol. The Kier molecular flexibility index (Phi) is 5.46. The molecule has 0 aromatic rings. The van der Waals surface area contributed by atoms with E-state index in [1.165, 1.54) is 0 Å². The molecule has 2 saturated carbocycles. The average Bonchev–Trinajstić information content (AvgIpc) is 3.27. The summed E-state index contributed by atoms with van der Waals surface area (Å²) in [6, 6.07) is 0. The van der Waals surface area contributed by atoms with Gasteiger partial charge in [-0.3, -0.25) is 4.79 Å². The molecular formula is C28H41NO6. The Hall–Kier alpha value is -1.70. The quantitative estimate of drug-likeness (QED) is 0.517. The number of aliphatic hydroxyl groups excluding tert-OH is 2. The van der Waals surface area contributed by atoms with Gasteiger partial charge in [-0.15, -0.1) is 0 Å². The number of aliphatic hydroxyl groups is 3. The Labute approximate surface area is 208 Å². The molecule has 5 rings (SSSR count). The summed E-state index contributed by atoms with van der Waals surface area (Å²) in [6.07, 6.45) is 2.84. The molecule has 1 aliphatic heterocycles. The summed E-state index contributed by atoms with van der Waals surface area (Å²) in [5.41, 5.74) is -2.73. The first-order valence-corrected chi connectivity index (χ1v) is 13.1. The fourth-order valence-electron chi connectivity index (χ4n) is 8.35. The van der Waals surface area contributed by atoms with Crippen LogP contribution in [-0.2, 0) is 9.53 Å². The first kappa shape index (κ1) is 25.0. The number of likely N-dealkylation sites (tertiary alicyclic amines) is 1. The first-order valence-electron chi connectivity index (χ1n) is 13.1. The molecule has 1 saturated heterocycles. The van der Waals surface area contributed by atoms with Gasteiger partial charge in [0.15, 0.2) is 17.5 Å². The second-order valence-electron chi connectivity index (χ2n) is 13.3. The fraction of sp³-hybridized carbons (Fsp3) is 0.786. The number of ether oxygens (including phenoxy) is 1. The number of allylic oxidation sites excluding steroid dienone is 1. The molecule has 2 bridgehead atoms. The van der Waals surface area contributed by atoms with E-state index < -0.39 is 41.8 Å². The van der Waals surface area contributed by atoms with E-state index in [1.54, 1.807) is 24.0 Å². The van der Waals surface area contributed by atoms with Crippen molar-refractivity contribution in [2.75, 3.05) is 19.7 Å². The van der Waals surface area contributed by atoms with E-state index in [4.69, 9.17) is 4.74 Å². The minimum absolute atomic E-state index is 0.0229. The van der Waals surface area contributed by atoms with Crippen molar-refractivity contribution >= 4 is 11.9 Å². The number of nitrogens with zero attached hydrogens (tertiary/aromatic N) is 1. The number of hydrogen-bond donors (Lipinski definition) is 3. The molecule has 7 unspecified atom stereocenters. The minimum atomic E-state index is -2.08. The largest absolute Gasteiger partial charge is 0.438 e. The molecule has 0 aromatic carbocycles. The molecular weight excluding hydrogens is 446 g/mol. The van der Waals surface area contributed by atoms with Crippen LogP contribution >= 0.6 is 0 Å². The Morgan fingerprint density at radius 3 is 2.57 bits per heavy atom. The van der Waals surface area contributed by atoms with E-state index in [2.05, 4.69) is 27.7 Å². The molecule has 4 aliphatic carbocycles. The summed E-state index contributed by atoms with van der Waals surface area (Å²) in [7, 11) is 0. The van der Waals surface area contributed by atoms with Crippen molar-refractivity contribution in [2.24, 2.45) is 39.9 Å². The van der Waals surface area contributed by atoms with E-state index in [9.17, 15) is 24.9 Å². The Morgan fingerprint density at radius 2 is 1.94 bits per heavy atom. The topological polar surface area (TPSA) is 107 Å². The van der Waals surface area contributed by atoms with E-state index in [-0.39, 0.29) is 34.0 Å². The SMILES string of the molecule is CC1=CC23C(=O)C(C=C(CO)C(O)C2(O)C1OC(=O)N1CCCC(C)(C)C1)C1C(C[C@H]3C)C1(C)C. The third kappa shape index (κ3) is 3.20. The Balaban J connectivity index is 1.57. The highest BCUT2D eigenvalue weighted by atomic mass is 16.6. The standard InChI is InChI=1S/C28H41NO6/c1-15-12-27-16(2)10-19-20(26(19,5)6)18(22(27)32)11-17(13-30)21(31)28(27,34)23(15)35-24(33)29-9-7-8-25(3,4)14-29/h11-12,16,18-21,23,30-31,34H,7-10,13-14H2,1-6H3/t16-,18?,19?,20?,21?,23?,27?,28?/m1/s1. The lowest BCUT2D eigenvalue weighted by molar-refractivity contribution is -0.191. The minimum Gasteiger partial charge on any atom is -0.438 e. The number of Topliss-reactive ketones (excluding diaryl/α,β-unsaturated/α-hetero) is 1. The third-order valence-electron chi connectivity index (χ3n) is 10.3. The van der Waals surface area contributed by atoms with Gasteiger partial charge in [0.1, 0.15) is 6.10 Å². The number of hydrogen-bond acceptors (Lipinski definition) is 6. The molecule has 1 amide bonds. The molecule has 1 heterocycles. The average molecular weight is 488 g/mol. The summed E-state index contributed by atoms with van der Waals surface area (Å²) in [6.45, 7) is 12.9. The van der Waals surface area contributed by atoms with Crippen LogP contribution in [0.25, 0.3) is 0 Å². The molecule has 3 N–H and O–H groups in total. The van der Waals surface area contributed by atoms with E-state index >= 15 is 0 Å². The van der Waals surface area contributed by atoms with Gasteiger partial charge in [-0.2, -0.15) is 0 Å². The number of piperidine rings is 1. The number of rotatable bonds is 2. The Morgan fingerprint density at radius 1 is 1.26 bits per heavy atom. The van der Waals surface area contributed by atoms with Crippen LogP contribution in [0, 0.1) is 39.9 Å². The predicted octanol–water partition coefficient (Wildman–Crippen LogP) is 3.08. The number of ketones is 1. The number of amides is 1. The maximum atomic E-state index is 14.4. The van der Waals surface area contributed by atoms with E-state index in [0.29, 0.717) is 24.6 Å². The number of fused-ring (bicyclic) bond motifs is 3. The van der Waals surface area contributed by atoms with Gasteiger partial charge in [-0.05, 0) is 65.9 Å². The highest BCUT2D eigenvalue weighted by Crippen LogP contribution is 2.71. The highest BCUT2D eigenvalue weighted by Gasteiger charge is 2.76. The van der Waals surface area contributed by atoms with Crippen molar-refractivity contribution in [3.8, 4) is 0 Å². The van der Waals surface area contributed by atoms with Gasteiger partial charge < -0.3 is 25.0 Å². The third-order valence-corrected chi connectivity index (χ3v) is 10.3. The monoisotopic (exact) mass is 487 g/mol. The molecule has 194 valence electrons. The smallest absolute Gasteiger partial charge is 0.410 e. The Bertz CT molecular complexity index is 1010. The van der Waals surface area contributed by atoms with E-state index in [0.717, 1.165) is 19.3 Å². The van der Waals surface area contributed by atoms with Crippen molar-refractivity contribution in [1.29, 1.82) is 0 Å². The normalized spacial score (nSPS) is 45.4. The van der Waals surface area contributed by atoms with Crippen LogP contribution < -0.4 is 0 Å². The van der Waals surface area contributed by atoms with Gasteiger partial charge in [-0.1, -0.05) is 46.8 Å². The van der Waals surface area contributed by atoms with Crippen molar-refractivity contribution < 1.29 is 29.6 Å². The second-order valence-corrected chi connectivity index (χ2v) is 13.3. The molecule has 7 nitrogen and oxygen atoms in total. The number of carbonyl (C=O) groups is 2. The van der Waals surface area contributed by atoms with Gasteiger partial charge in [0.2, 0.25) is 0 Å². The molecule has 3 fully saturated rings. The van der Waals surface area contributed by atoms with Gasteiger partial charge in [0.25, 0.3) is 0 Å². The molecule has 0 radical (unpaired) electrons. The zero-order valence-corrected chi connectivity index (χ0v) is 21.9. The van der Waals surface area contributed by atoms with Crippen LogP contribution in [0.1, 0.15) is 60.8 Å². The van der Waals surface area contributed by atoms with Crippen molar-refractivity contribution in [2.45, 2.75) is 78.6 Å². The highest BCUT2D eigenvalue weighted by molar-refractivity contribution is 5.95. The van der Waals surface area contributed by atoms with Crippen LogP contribution in [0.3, 0.4) is 0 Å². The zero-order chi connectivity index (χ0) is 25.7. The van der Waals surface area contributed by atoms with Gasteiger partial charge in [-0.25, -0.2) is 4.79 Å². The van der Waals surface area contributed by atoms with E-state index in [1.807, 2.05) is 6.92 Å².